The maximum atomic E-state index is 10.9. The van der Waals surface area contributed by atoms with Gasteiger partial charge in [-0.15, -0.1) is 0 Å². The minimum absolute atomic E-state index is 0.322. The third-order valence-electron chi connectivity index (χ3n) is 1.60. The van der Waals surface area contributed by atoms with Crippen molar-refractivity contribution in [1.29, 1.82) is 0 Å². The molecule has 0 unspecified atom stereocenters. The minimum atomic E-state index is -1.33. The predicted molar refractivity (Wildman–Crippen MR) is 62.8 cm³/mol. The van der Waals surface area contributed by atoms with Gasteiger partial charge in [-0.25, -0.2) is 0 Å². The van der Waals surface area contributed by atoms with E-state index < -0.39 is 8.07 Å². The van der Waals surface area contributed by atoms with Gasteiger partial charge >= 0.3 is 86.2 Å². The standard InChI is InChI=1S/C8H20NO2SSi/c1-13(2,3)7-5-11-8(10)9-4-6-12/h12-13H,4-7H2,1-3H3,(H,9,10)/q-1. The van der Waals surface area contributed by atoms with Crippen LogP contribution < -0.4 is 5.32 Å². The Bertz CT molecular complexity index is 159. The summed E-state index contributed by atoms with van der Waals surface area (Å²) in [5, 5.41) is 2.60. The molecule has 0 heterocycles. The van der Waals surface area contributed by atoms with Gasteiger partial charge < -0.3 is 0 Å². The van der Waals surface area contributed by atoms with E-state index in [1.165, 1.54) is 0 Å². The second-order valence-electron chi connectivity index (χ2n) is 4.53. The molecule has 0 bridgehead atoms. The summed E-state index contributed by atoms with van der Waals surface area (Å²) in [6.45, 7) is 7.95. The second-order valence-corrected chi connectivity index (χ2v) is 11.5. The van der Waals surface area contributed by atoms with Crippen molar-refractivity contribution in [3.8, 4) is 0 Å². The third-order valence-corrected chi connectivity index (χ3v) is 3.79. The first-order valence-electron chi connectivity index (χ1n) is 4.76. The molecule has 0 aliphatic heterocycles. The Morgan fingerprint density at radius 1 is 1.46 bits per heavy atom. The summed E-state index contributed by atoms with van der Waals surface area (Å²) in [5.74, 6) is 0.644. The Morgan fingerprint density at radius 2 is 2.08 bits per heavy atom. The van der Waals surface area contributed by atoms with Gasteiger partial charge in [0.05, 0.1) is 0 Å². The zero-order chi connectivity index (χ0) is 10.3. The molecule has 5 heteroatoms. The monoisotopic (exact) mass is 222 g/mol. The van der Waals surface area contributed by atoms with Crippen LogP contribution in [-0.2, 0) is 4.74 Å². The van der Waals surface area contributed by atoms with E-state index in [1.807, 2.05) is 0 Å². The van der Waals surface area contributed by atoms with Gasteiger partial charge in [0, 0.05) is 0 Å². The third kappa shape index (κ3) is 9.75. The Kier molecular flexibility index (Phi) is 6.24. The molecule has 0 saturated heterocycles. The Balaban J connectivity index is 3.37. The first kappa shape index (κ1) is 12.8. The molecule has 0 spiro atoms. The van der Waals surface area contributed by atoms with Gasteiger partial charge in [-0.3, -0.25) is 0 Å². The van der Waals surface area contributed by atoms with Crippen molar-refractivity contribution in [3.05, 3.63) is 0 Å². The first-order valence-corrected chi connectivity index (χ1v) is 9.67. The Hall–Kier alpha value is -0.163. The Labute approximate surface area is 86.7 Å². The van der Waals surface area contributed by atoms with E-state index in [1.54, 1.807) is 0 Å². The molecule has 0 saturated carbocycles. The molecule has 0 aromatic rings. The fraction of sp³-hybridized carbons (Fsp3) is 0.875. The Morgan fingerprint density at radius 3 is 2.54 bits per heavy atom. The zero-order valence-electron chi connectivity index (χ0n) is 8.67. The number of thiol groups is 1. The van der Waals surface area contributed by atoms with Crippen LogP contribution in [0.4, 0.5) is 4.79 Å². The summed E-state index contributed by atoms with van der Waals surface area (Å²) in [5.41, 5.74) is 0. The van der Waals surface area contributed by atoms with Crippen LogP contribution in [0, 0.1) is 0 Å². The summed E-state index contributed by atoms with van der Waals surface area (Å²) in [7, 11) is -1.33. The normalized spacial score (nSPS) is 12.3. The van der Waals surface area contributed by atoms with Gasteiger partial charge in [-0.2, -0.15) is 0 Å². The van der Waals surface area contributed by atoms with Gasteiger partial charge in [-0.1, -0.05) is 0 Å². The molecule has 0 aliphatic rings. The maximum absolute atomic E-state index is 10.9. The van der Waals surface area contributed by atoms with Gasteiger partial charge in [0.2, 0.25) is 0 Å². The quantitative estimate of drug-likeness (QED) is 0.549. The van der Waals surface area contributed by atoms with Crippen LogP contribution in [0.25, 0.3) is 0 Å². The van der Waals surface area contributed by atoms with Crippen LogP contribution in [0.5, 0.6) is 0 Å². The molecule has 0 radical (unpaired) electrons. The van der Waals surface area contributed by atoms with Crippen LogP contribution in [0.15, 0.2) is 0 Å². The van der Waals surface area contributed by atoms with Gasteiger partial charge in [0.15, 0.2) is 0 Å². The SMILES string of the molecule is C[SiH-](C)(C)CCOC(=O)NCCS. The number of amides is 1. The van der Waals surface area contributed by atoms with Crippen molar-refractivity contribution in [1.82, 2.24) is 5.32 Å². The molecular formula is C8H20NO2SSi-. The van der Waals surface area contributed by atoms with Crippen molar-refractivity contribution in [2.75, 3.05) is 18.9 Å². The molecular weight excluding hydrogens is 202 g/mol. The number of rotatable bonds is 5. The first-order chi connectivity index (χ1) is 5.95. The van der Waals surface area contributed by atoms with E-state index in [-0.39, 0.29) is 6.09 Å². The average molecular weight is 222 g/mol. The van der Waals surface area contributed by atoms with E-state index in [2.05, 4.69) is 37.6 Å². The molecule has 0 aliphatic carbocycles. The molecule has 0 atom stereocenters. The van der Waals surface area contributed by atoms with Gasteiger partial charge in [0.25, 0.3) is 0 Å². The number of alkyl carbamates (subject to hydrolysis) is 1. The zero-order valence-corrected chi connectivity index (χ0v) is 10.7. The second kappa shape index (κ2) is 6.31. The molecule has 13 heavy (non-hydrogen) atoms. The molecule has 3 nitrogen and oxygen atoms in total. The van der Waals surface area contributed by atoms with Crippen molar-refractivity contribution in [3.63, 3.8) is 0 Å². The van der Waals surface area contributed by atoms with Crippen LogP contribution >= 0.6 is 12.6 Å². The van der Waals surface area contributed by atoms with E-state index >= 15 is 0 Å². The number of carbonyl (C=O) groups excluding carboxylic acids is 1. The van der Waals surface area contributed by atoms with Crippen LogP contribution in [0.2, 0.25) is 25.7 Å². The summed E-state index contributed by atoms with van der Waals surface area (Å²) >= 11 is 3.97. The summed E-state index contributed by atoms with van der Waals surface area (Å²) < 4.78 is 4.98. The molecule has 0 aromatic heterocycles. The molecule has 1 amide bonds. The number of hydrogen-bond donors (Lipinski definition) is 2. The molecule has 1 N–H and O–H groups in total. The van der Waals surface area contributed by atoms with E-state index in [0.717, 1.165) is 6.04 Å². The summed E-state index contributed by atoms with van der Waals surface area (Å²) in [6, 6.07) is 1.04. The predicted octanol–water partition coefficient (Wildman–Crippen LogP) is 1.71. The van der Waals surface area contributed by atoms with Crippen molar-refractivity contribution in [2.45, 2.75) is 25.7 Å². The molecule has 0 rings (SSSR count). The van der Waals surface area contributed by atoms with E-state index in [9.17, 15) is 4.79 Å². The van der Waals surface area contributed by atoms with E-state index in [4.69, 9.17) is 4.74 Å². The molecule has 80 valence electrons. The number of ether oxygens (including phenoxy) is 1. The number of hydrogen-bond acceptors (Lipinski definition) is 3. The number of carbonyl (C=O) groups is 1. The van der Waals surface area contributed by atoms with Crippen molar-refractivity contribution < 1.29 is 9.53 Å². The van der Waals surface area contributed by atoms with Crippen LogP contribution in [-0.4, -0.2) is 33.1 Å². The average Bonchev–Trinajstić information content (AvgIpc) is 1.98. The molecule has 0 fully saturated rings. The van der Waals surface area contributed by atoms with Crippen LogP contribution in [0.1, 0.15) is 0 Å². The summed E-state index contributed by atoms with van der Waals surface area (Å²) in [4.78, 5) is 10.9. The fourth-order valence-corrected chi connectivity index (χ4v) is 1.65. The van der Waals surface area contributed by atoms with Gasteiger partial charge in [0.1, 0.15) is 0 Å². The van der Waals surface area contributed by atoms with Gasteiger partial charge in [-0.05, 0) is 0 Å². The van der Waals surface area contributed by atoms with Crippen molar-refractivity contribution >= 4 is 26.8 Å². The number of nitrogens with one attached hydrogen (secondary N) is 1. The molecule has 0 aromatic carbocycles. The van der Waals surface area contributed by atoms with Crippen molar-refractivity contribution in [2.24, 2.45) is 0 Å². The summed E-state index contributed by atoms with van der Waals surface area (Å²) in [6.07, 6.45) is -0.322. The van der Waals surface area contributed by atoms with E-state index in [0.29, 0.717) is 18.9 Å². The van der Waals surface area contributed by atoms with Crippen LogP contribution in [0.3, 0.4) is 0 Å². The topological polar surface area (TPSA) is 38.3 Å². The fourth-order valence-electron chi connectivity index (χ4n) is 0.714.